The van der Waals surface area contributed by atoms with Gasteiger partial charge in [0.25, 0.3) is 0 Å². The van der Waals surface area contributed by atoms with E-state index in [0.29, 0.717) is 25.7 Å². The largest absolute Gasteiger partial charge is 0.870 e. The highest BCUT2D eigenvalue weighted by Crippen LogP contribution is 2.42. The number of aliphatic carboxylic acids is 1. The second-order valence-electron chi connectivity index (χ2n) is 7.10. The molecule has 0 radical (unpaired) electrons. The van der Waals surface area contributed by atoms with E-state index < -0.39 is 42.0 Å². The van der Waals surface area contributed by atoms with Crippen molar-refractivity contribution >= 4 is 31.2 Å². The lowest BCUT2D eigenvalue weighted by molar-refractivity contribution is -0.179. The van der Waals surface area contributed by atoms with Crippen LogP contribution >= 0.6 is 0 Å². The van der Waals surface area contributed by atoms with Crippen LogP contribution in [0.2, 0.25) is 0 Å². The highest BCUT2D eigenvalue weighted by atomic mass is 16.8. The summed E-state index contributed by atoms with van der Waals surface area (Å²) in [7, 11) is -1.81. The molecule has 0 unspecified atom stereocenters. The smallest absolute Gasteiger partial charge is 0.480 e. The number of carboxylic acids is 1. The number of hydrogen-bond acceptors (Lipinski definition) is 7. The number of carbonyl (C=O) groups excluding carboxylic acids is 3. The Kier molecular flexibility index (Phi) is 6.89. The van der Waals surface area contributed by atoms with E-state index in [1.165, 1.54) is 0 Å². The van der Waals surface area contributed by atoms with Crippen LogP contribution in [-0.2, 0) is 33.1 Å². The Morgan fingerprint density at radius 1 is 0.889 bits per heavy atom. The van der Waals surface area contributed by atoms with Crippen molar-refractivity contribution in [3.8, 4) is 0 Å². The minimum atomic E-state index is -1.81. The van der Waals surface area contributed by atoms with Gasteiger partial charge in [-0.1, -0.05) is 52.4 Å². The number of carboxylic acid groups (broad SMARTS) is 1. The molecule has 1 heterocycles. The molecule has 2 saturated carbocycles. The first-order valence-corrected chi connectivity index (χ1v) is 9.77. The van der Waals surface area contributed by atoms with Crippen molar-refractivity contribution < 1.29 is 38.2 Å². The lowest BCUT2D eigenvalue weighted by Gasteiger charge is -2.37. The lowest BCUT2D eigenvalue weighted by atomic mass is 9.72. The molecule has 2 aliphatic carbocycles. The van der Waals surface area contributed by atoms with E-state index in [-0.39, 0.29) is 12.8 Å². The summed E-state index contributed by atoms with van der Waals surface area (Å²) in [6.07, 6.45) is 5.41. The van der Waals surface area contributed by atoms with Gasteiger partial charge >= 0.3 is 31.2 Å². The molecule has 3 aliphatic rings. The standard InChI is InChI=1S/C16H21BO8.C2H6/c18-11(19)15(7-3-1-4-8-15)12(20)23-17-24-13(21)16(14(22)25-17)9-5-2-6-10-16;1-2/h1-10H2,(H,18,19);1-2H3. The van der Waals surface area contributed by atoms with Gasteiger partial charge in [-0.15, -0.1) is 0 Å². The average molecular weight is 382 g/mol. The zero-order valence-electron chi connectivity index (χ0n) is 16.0. The van der Waals surface area contributed by atoms with Gasteiger partial charge in [-0.05, 0) is 25.7 Å². The maximum Gasteiger partial charge on any atom is 0.870 e. The Bertz CT molecular complexity index is 570. The highest BCUT2D eigenvalue weighted by Gasteiger charge is 2.59. The summed E-state index contributed by atoms with van der Waals surface area (Å²) in [5.74, 6) is -3.80. The maximum atomic E-state index is 12.4. The molecule has 1 spiro atoms. The molecule has 150 valence electrons. The predicted octanol–water partition coefficient (Wildman–Crippen LogP) is 2.63. The van der Waals surface area contributed by atoms with Crippen LogP contribution in [0.4, 0.5) is 0 Å². The summed E-state index contributed by atoms with van der Waals surface area (Å²) in [5, 5.41) is 9.48. The molecule has 27 heavy (non-hydrogen) atoms. The van der Waals surface area contributed by atoms with Crippen molar-refractivity contribution in [3.05, 3.63) is 0 Å². The Morgan fingerprint density at radius 2 is 1.33 bits per heavy atom. The highest BCUT2D eigenvalue weighted by molar-refractivity contribution is 6.47. The molecule has 1 aliphatic heterocycles. The van der Waals surface area contributed by atoms with E-state index in [4.69, 9.17) is 14.0 Å². The van der Waals surface area contributed by atoms with Crippen LogP contribution in [0.1, 0.15) is 78.1 Å². The Morgan fingerprint density at radius 3 is 1.78 bits per heavy atom. The third kappa shape index (κ3) is 3.96. The Labute approximate surface area is 159 Å². The molecule has 3 fully saturated rings. The summed E-state index contributed by atoms with van der Waals surface area (Å²) in [6, 6.07) is 0. The normalized spacial score (nSPS) is 23.4. The van der Waals surface area contributed by atoms with Gasteiger partial charge < -0.3 is 19.1 Å². The molecular formula is C18H27BO8. The van der Waals surface area contributed by atoms with Crippen molar-refractivity contribution in [1.29, 1.82) is 0 Å². The van der Waals surface area contributed by atoms with Crippen LogP contribution in [0.25, 0.3) is 0 Å². The molecule has 0 atom stereocenters. The van der Waals surface area contributed by atoms with Gasteiger partial charge in [0.05, 0.1) is 0 Å². The molecule has 0 amide bonds. The summed E-state index contributed by atoms with van der Waals surface area (Å²) >= 11 is 0. The quantitative estimate of drug-likeness (QED) is 0.585. The SMILES string of the molecule is CC.O=C(O)C1(C(=O)OB2OC(=O)C3(CCCCC3)C(=O)O2)CCCCC1. The van der Waals surface area contributed by atoms with Gasteiger partial charge in [-0.25, -0.2) is 0 Å². The van der Waals surface area contributed by atoms with Crippen LogP contribution in [0.3, 0.4) is 0 Å². The van der Waals surface area contributed by atoms with Gasteiger partial charge in [-0.2, -0.15) is 0 Å². The molecule has 1 N–H and O–H groups in total. The summed E-state index contributed by atoms with van der Waals surface area (Å²) in [5.41, 5.74) is -2.98. The van der Waals surface area contributed by atoms with Crippen molar-refractivity contribution in [2.45, 2.75) is 78.1 Å². The Balaban J connectivity index is 0.00000126. The van der Waals surface area contributed by atoms with Crippen molar-refractivity contribution in [1.82, 2.24) is 0 Å². The fraction of sp³-hybridized carbons (Fsp3) is 0.778. The van der Waals surface area contributed by atoms with Gasteiger partial charge in [-0.3, -0.25) is 19.2 Å². The first-order chi connectivity index (χ1) is 12.9. The fourth-order valence-corrected chi connectivity index (χ4v) is 3.98. The molecule has 8 nitrogen and oxygen atoms in total. The first kappa shape index (κ1) is 21.2. The van der Waals surface area contributed by atoms with E-state index in [1.807, 2.05) is 13.8 Å². The number of hydrogen-bond donors (Lipinski definition) is 1. The molecule has 0 aromatic rings. The van der Waals surface area contributed by atoms with Crippen LogP contribution in [0.5, 0.6) is 0 Å². The van der Waals surface area contributed by atoms with Crippen LogP contribution in [-0.4, -0.2) is 36.3 Å². The topological polar surface area (TPSA) is 116 Å². The van der Waals surface area contributed by atoms with E-state index >= 15 is 0 Å². The minimum absolute atomic E-state index is 0.152. The fourth-order valence-electron chi connectivity index (χ4n) is 3.98. The first-order valence-electron chi connectivity index (χ1n) is 9.77. The molecule has 0 bridgehead atoms. The monoisotopic (exact) mass is 382 g/mol. The molecule has 0 aromatic carbocycles. The third-order valence-electron chi connectivity index (χ3n) is 5.61. The molecule has 1 saturated heterocycles. The van der Waals surface area contributed by atoms with Crippen molar-refractivity contribution in [2.75, 3.05) is 0 Å². The van der Waals surface area contributed by atoms with Crippen LogP contribution < -0.4 is 0 Å². The second kappa shape index (κ2) is 8.76. The maximum absolute atomic E-state index is 12.4. The molecule has 0 aromatic heterocycles. The van der Waals surface area contributed by atoms with Crippen LogP contribution in [0.15, 0.2) is 0 Å². The Hall–Kier alpha value is -2.06. The van der Waals surface area contributed by atoms with Gasteiger partial charge in [0.15, 0.2) is 10.8 Å². The average Bonchev–Trinajstić information content (AvgIpc) is 2.69. The van der Waals surface area contributed by atoms with E-state index in [2.05, 4.69) is 0 Å². The molecule has 9 heteroatoms. The second-order valence-corrected chi connectivity index (χ2v) is 7.10. The van der Waals surface area contributed by atoms with E-state index in [9.17, 15) is 24.3 Å². The van der Waals surface area contributed by atoms with Crippen molar-refractivity contribution in [3.63, 3.8) is 0 Å². The van der Waals surface area contributed by atoms with Gasteiger partial charge in [0, 0.05) is 0 Å². The van der Waals surface area contributed by atoms with Gasteiger partial charge in [0.1, 0.15) is 0 Å². The third-order valence-corrected chi connectivity index (χ3v) is 5.61. The van der Waals surface area contributed by atoms with E-state index in [0.717, 1.165) is 25.7 Å². The summed E-state index contributed by atoms with van der Waals surface area (Å²) < 4.78 is 15.0. The molecular weight excluding hydrogens is 355 g/mol. The zero-order valence-corrected chi connectivity index (χ0v) is 16.0. The summed E-state index contributed by atoms with van der Waals surface area (Å²) in [4.78, 5) is 48.7. The lowest BCUT2D eigenvalue weighted by Crippen LogP contribution is -2.55. The number of rotatable bonds is 3. The van der Waals surface area contributed by atoms with Gasteiger partial charge in [0.2, 0.25) is 0 Å². The summed E-state index contributed by atoms with van der Waals surface area (Å²) in [6.45, 7) is 4.00. The van der Waals surface area contributed by atoms with Crippen LogP contribution in [0, 0.1) is 10.8 Å². The van der Waals surface area contributed by atoms with Crippen molar-refractivity contribution in [2.24, 2.45) is 10.8 Å². The molecule has 3 rings (SSSR count). The zero-order chi connectivity index (χ0) is 20.1. The predicted molar refractivity (Wildman–Crippen MR) is 94.0 cm³/mol. The minimum Gasteiger partial charge on any atom is -0.480 e. The van der Waals surface area contributed by atoms with E-state index in [1.54, 1.807) is 0 Å². The number of carbonyl (C=O) groups is 4.